The highest BCUT2D eigenvalue weighted by atomic mass is 16.5. The van der Waals surface area contributed by atoms with Crippen molar-refractivity contribution in [2.24, 2.45) is 0 Å². The minimum Gasteiger partial charge on any atom is -0.388 e. The van der Waals surface area contributed by atoms with E-state index in [2.05, 4.69) is 0 Å². The average molecular weight is 217 g/mol. The zero-order valence-electron chi connectivity index (χ0n) is 9.06. The molecule has 1 aliphatic heterocycles. The van der Waals surface area contributed by atoms with Gasteiger partial charge in [-0.1, -0.05) is 6.92 Å². The van der Waals surface area contributed by atoms with Gasteiger partial charge >= 0.3 is 0 Å². The third-order valence-corrected chi connectivity index (χ3v) is 2.42. The standard InChI is InChI=1S/C10H19NO4/c1-2-4-15-5-3-10(14)11-6-8(12)9(13)7-11/h8-9,12-13H,2-7H2,1H3. The number of likely N-dealkylation sites (tertiary alicyclic amines) is 1. The summed E-state index contributed by atoms with van der Waals surface area (Å²) in [7, 11) is 0. The second kappa shape index (κ2) is 6.05. The molecule has 15 heavy (non-hydrogen) atoms. The van der Waals surface area contributed by atoms with Crippen LogP contribution in [0.3, 0.4) is 0 Å². The highest BCUT2D eigenvalue weighted by Crippen LogP contribution is 2.11. The summed E-state index contributed by atoms with van der Waals surface area (Å²) in [5.41, 5.74) is 0. The number of hydrogen-bond acceptors (Lipinski definition) is 4. The van der Waals surface area contributed by atoms with Gasteiger partial charge in [0.15, 0.2) is 0 Å². The molecule has 2 atom stereocenters. The first kappa shape index (κ1) is 12.4. The van der Waals surface area contributed by atoms with Crippen molar-refractivity contribution in [1.82, 2.24) is 4.90 Å². The molecule has 0 spiro atoms. The smallest absolute Gasteiger partial charge is 0.225 e. The SMILES string of the molecule is CCCOCCC(=O)N1CC(O)C(O)C1. The third-order valence-electron chi connectivity index (χ3n) is 2.42. The summed E-state index contributed by atoms with van der Waals surface area (Å²) in [5.74, 6) is -0.0679. The number of aliphatic hydroxyl groups is 2. The van der Waals surface area contributed by atoms with Gasteiger partial charge < -0.3 is 19.8 Å². The lowest BCUT2D eigenvalue weighted by molar-refractivity contribution is -0.131. The number of β-amino-alcohol motifs (C(OH)–C–C–N with tert-alkyl or cyclic N) is 2. The van der Waals surface area contributed by atoms with Crippen molar-refractivity contribution in [2.75, 3.05) is 26.3 Å². The van der Waals surface area contributed by atoms with Gasteiger partial charge in [-0.2, -0.15) is 0 Å². The Morgan fingerprint density at radius 1 is 1.33 bits per heavy atom. The molecule has 0 bridgehead atoms. The van der Waals surface area contributed by atoms with Crippen LogP contribution >= 0.6 is 0 Å². The predicted octanol–water partition coefficient (Wildman–Crippen LogP) is -0.633. The van der Waals surface area contributed by atoms with Gasteiger partial charge in [-0.15, -0.1) is 0 Å². The molecule has 0 aromatic carbocycles. The third kappa shape index (κ3) is 3.77. The van der Waals surface area contributed by atoms with Gasteiger partial charge in [0.05, 0.1) is 25.2 Å². The van der Waals surface area contributed by atoms with Crippen molar-refractivity contribution in [2.45, 2.75) is 32.0 Å². The molecule has 1 aliphatic rings. The fourth-order valence-electron chi connectivity index (χ4n) is 1.54. The highest BCUT2D eigenvalue weighted by molar-refractivity contribution is 5.76. The van der Waals surface area contributed by atoms with Crippen molar-refractivity contribution in [3.8, 4) is 0 Å². The Labute approximate surface area is 89.6 Å². The lowest BCUT2D eigenvalue weighted by Gasteiger charge is -2.14. The number of aliphatic hydroxyl groups excluding tert-OH is 2. The van der Waals surface area contributed by atoms with E-state index in [0.29, 0.717) is 19.6 Å². The summed E-state index contributed by atoms with van der Waals surface area (Å²) in [6.07, 6.45) is -0.342. The average Bonchev–Trinajstić information content (AvgIpc) is 2.54. The van der Waals surface area contributed by atoms with Gasteiger partial charge in [-0.05, 0) is 6.42 Å². The minimum absolute atomic E-state index is 0.0679. The number of ether oxygens (including phenoxy) is 1. The summed E-state index contributed by atoms with van der Waals surface area (Å²) in [4.78, 5) is 13.0. The van der Waals surface area contributed by atoms with Crippen LogP contribution in [0.5, 0.6) is 0 Å². The van der Waals surface area contributed by atoms with Crippen molar-refractivity contribution in [3.63, 3.8) is 0 Å². The molecule has 0 radical (unpaired) electrons. The summed E-state index contributed by atoms with van der Waals surface area (Å²) < 4.78 is 5.19. The second-order valence-corrected chi connectivity index (χ2v) is 3.80. The van der Waals surface area contributed by atoms with Crippen LogP contribution in [0.1, 0.15) is 19.8 Å². The van der Waals surface area contributed by atoms with E-state index >= 15 is 0 Å². The van der Waals surface area contributed by atoms with Crippen LogP contribution in [0.15, 0.2) is 0 Å². The molecule has 1 heterocycles. The number of nitrogens with zero attached hydrogens (tertiary/aromatic N) is 1. The van der Waals surface area contributed by atoms with E-state index in [9.17, 15) is 15.0 Å². The maximum absolute atomic E-state index is 11.5. The van der Waals surface area contributed by atoms with Gasteiger partial charge in [-0.25, -0.2) is 0 Å². The normalized spacial score (nSPS) is 25.9. The number of carbonyl (C=O) groups excluding carboxylic acids is 1. The van der Waals surface area contributed by atoms with Crippen LogP contribution in [-0.4, -0.2) is 59.5 Å². The Bertz CT molecular complexity index is 200. The molecule has 1 rings (SSSR count). The van der Waals surface area contributed by atoms with Crippen molar-refractivity contribution < 1.29 is 19.7 Å². The molecule has 1 amide bonds. The molecule has 2 unspecified atom stereocenters. The molecule has 5 nitrogen and oxygen atoms in total. The summed E-state index contributed by atoms with van der Waals surface area (Å²) in [6.45, 7) is 3.55. The maximum Gasteiger partial charge on any atom is 0.225 e. The van der Waals surface area contributed by atoms with Crippen LogP contribution in [0, 0.1) is 0 Å². The van der Waals surface area contributed by atoms with E-state index in [1.807, 2.05) is 6.92 Å². The van der Waals surface area contributed by atoms with Crippen molar-refractivity contribution in [1.29, 1.82) is 0 Å². The van der Waals surface area contributed by atoms with Crippen molar-refractivity contribution in [3.05, 3.63) is 0 Å². The first-order chi connectivity index (χ1) is 7.15. The topological polar surface area (TPSA) is 70.0 Å². The number of amides is 1. The lowest BCUT2D eigenvalue weighted by atomic mass is 10.3. The highest BCUT2D eigenvalue weighted by Gasteiger charge is 2.31. The predicted molar refractivity (Wildman–Crippen MR) is 54.3 cm³/mol. The monoisotopic (exact) mass is 217 g/mol. The van der Waals surface area contributed by atoms with Gasteiger partial charge in [0.2, 0.25) is 5.91 Å². The van der Waals surface area contributed by atoms with E-state index in [0.717, 1.165) is 6.42 Å². The number of carbonyl (C=O) groups is 1. The van der Waals surface area contributed by atoms with Crippen LogP contribution < -0.4 is 0 Å². The molecule has 2 N–H and O–H groups in total. The van der Waals surface area contributed by atoms with Gasteiger partial charge in [-0.3, -0.25) is 4.79 Å². The molecular weight excluding hydrogens is 198 g/mol. The summed E-state index contributed by atoms with van der Waals surface area (Å²) >= 11 is 0. The molecule has 5 heteroatoms. The van der Waals surface area contributed by atoms with Gasteiger partial charge in [0.1, 0.15) is 0 Å². The van der Waals surface area contributed by atoms with E-state index in [1.54, 1.807) is 0 Å². The van der Waals surface area contributed by atoms with E-state index in [1.165, 1.54) is 4.90 Å². The molecule has 0 aliphatic carbocycles. The number of rotatable bonds is 5. The lowest BCUT2D eigenvalue weighted by Crippen LogP contribution is -2.30. The summed E-state index contributed by atoms with van der Waals surface area (Å²) in [6, 6.07) is 0. The quantitative estimate of drug-likeness (QED) is 0.601. The Balaban J connectivity index is 2.18. The Morgan fingerprint density at radius 3 is 2.47 bits per heavy atom. The van der Waals surface area contributed by atoms with Crippen LogP contribution in [0.2, 0.25) is 0 Å². The Morgan fingerprint density at radius 2 is 1.93 bits per heavy atom. The first-order valence-electron chi connectivity index (χ1n) is 5.36. The first-order valence-corrected chi connectivity index (χ1v) is 5.36. The molecule has 0 saturated carbocycles. The molecule has 0 aromatic rings. The van der Waals surface area contributed by atoms with E-state index < -0.39 is 12.2 Å². The fraction of sp³-hybridized carbons (Fsp3) is 0.900. The van der Waals surface area contributed by atoms with E-state index in [4.69, 9.17) is 4.74 Å². The van der Waals surface area contributed by atoms with Crippen LogP contribution in [0.4, 0.5) is 0 Å². The summed E-state index contributed by atoms with van der Waals surface area (Å²) in [5, 5.41) is 18.5. The molecule has 0 aromatic heterocycles. The Hall–Kier alpha value is -0.650. The molecule has 1 fully saturated rings. The fourth-order valence-corrected chi connectivity index (χ4v) is 1.54. The molecular formula is C10H19NO4. The zero-order valence-corrected chi connectivity index (χ0v) is 9.06. The van der Waals surface area contributed by atoms with E-state index in [-0.39, 0.29) is 19.0 Å². The van der Waals surface area contributed by atoms with Crippen molar-refractivity contribution >= 4 is 5.91 Å². The molecule has 88 valence electrons. The van der Waals surface area contributed by atoms with Gasteiger partial charge in [0, 0.05) is 19.7 Å². The second-order valence-electron chi connectivity index (χ2n) is 3.80. The Kier molecular flexibility index (Phi) is 5.01. The number of hydrogen-bond donors (Lipinski definition) is 2. The molecule has 1 saturated heterocycles. The van der Waals surface area contributed by atoms with Crippen LogP contribution in [-0.2, 0) is 9.53 Å². The zero-order chi connectivity index (χ0) is 11.3. The largest absolute Gasteiger partial charge is 0.388 e. The minimum atomic E-state index is -0.800. The van der Waals surface area contributed by atoms with Crippen LogP contribution in [0.25, 0.3) is 0 Å². The maximum atomic E-state index is 11.5. The van der Waals surface area contributed by atoms with Gasteiger partial charge in [0.25, 0.3) is 0 Å².